The van der Waals surface area contributed by atoms with Crippen LogP contribution in [0.3, 0.4) is 0 Å². The van der Waals surface area contributed by atoms with Gasteiger partial charge in [0.05, 0.1) is 23.1 Å². The summed E-state index contributed by atoms with van der Waals surface area (Å²) in [5.41, 5.74) is 3.66. The second kappa shape index (κ2) is 9.72. The number of pyridine rings is 2. The van der Waals surface area contributed by atoms with Crippen molar-refractivity contribution in [2.75, 3.05) is 5.32 Å². The molecule has 39 heavy (non-hydrogen) atoms. The maximum absolute atomic E-state index is 14.3. The first-order valence-corrected chi connectivity index (χ1v) is 12.4. The van der Waals surface area contributed by atoms with Crippen LogP contribution in [0.2, 0.25) is 0 Å². The van der Waals surface area contributed by atoms with Gasteiger partial charge < -0.3 is 10.3 Å². The van der Waals surface area contributed by atoms with E-state index in [-0.39, 0.29) is 11.0 Å². The number of anilines is 1. The lowest BCUT2D eigenvalue weighted by Gasteiger charge is -2.22. The number of fused-ring (bicyclic) bond motifs is 2. The second-order valence-corrected chi connectivity index (χ2v) is 9.16. The minimum atomic E-state index is -0.404. The Balaban J connectivity index is 1.57. The molecule has 8 nitrogen and oxygen atoms in total. The van der Waals surface area contributed by atoms with E-state index in [9.17, 15) is 14.9 Å². The summed E-state index contributed by atoms with van der Waals surface area (Å²) >= 11 is 0. The highest BCUT2D eigenvalue weighted by atomic mass is 16.1. The van der Waals surface area contributed by atoms with Gasteiger partial charge in [-0.3, -0.25) is 14.2 Å². The molecule has 6 rings (SSSR count). The average Bonchev–Trinajstić information content (AvgIpc) is 2.97. The average molecular weight is 511 g/mol. The summed E-state index contributed by atoms with van der Waals surface area (Å²) < 4.78 is 1.70. The summed E-state index contributed by atoms with van der Waals surface area (Å²) in [6.07, 6.45) is 2.94. The van der Waals surface area contributed by atoms with Crippen LogP contribution in [0.15, 0.2) is 107 Å². The highest BCUT2D eigenvalue weighted by molar-refractivity contribution is 5.96. The molecular weight excluding hydrogens is 488 g/mol. The Hall–Kier alpha value is -5.55. The lowest BCUT2D eigenvalue weighted by molar-refractivity contribution is 0.774. The molecule has 3 aromatic heterocycles. The molecule has 0 aliphatic heterocycles. The van der Waals surface area contributed by atoms with Gasteiger partial charge in [-0.25, -0.2) is 9.97 Å². The van der Waals surface area contributed by atoms with E-state index in [4.69, 9.17) is 0 Å². The van der Waals surface area contributed by atoms with Crippen LogP contribution in [0.4, 0.5) is 5.82 Å². The quantitative estimate of drug-likeness (QED) is 0.324. The number of hydrogen-bond acceptors (Lipinski definition) is 6. The van der Waals surface area contributed by atoms with Crippen molar-refractivity contribution in [1.29, 1.82) is 5.26 Å². The molecule has 0 fully saturated rings. The lowest BCUT2D eigenvalue weighted by atomic mass is 9.97. The largest absolute Gasteiger partial charge is 0.361 e. The van der Waals surface area contributed by atoms with Crippen LogP contribution >= 0.6 is 0 Å². The Morgan fingerprint density at radius 3 is 2.49 bits per heavy atom. The van der Waals surface area contributed by atoms with Gasteiger partial charge in [-0.05, 0) is 53.8 Å². The Morgan fingerprint density at radius 1 is 0.923 bits per heavy atom. The third-order valence-electron chi connectivity index (χ3n) is 6.76. The van der Waals surface area contributed by atoms with Gasteiger partial charge >= 0.3 is 0 Å². The molecule has 0 amide bonds. The molecule has 0 bridgehead atoms. The molecule has 1 unspecified atom stereocenters. The zero-order chi connectivity index (χ0) is 26.9. The molecule has 0 radical (unpaired) electrons. The van der Waals surface area contributed by atoms with E-state index in [1.807, 2.05) is 73.7 Å². The molecule has 6 aromatic rings. The molecule has 3 aromatic carbocycles. The molecule has 0 saturated heterocycles. The van der Waals surface area contributed by atoms with Crippen molar-refractivity contribution in [3.8, 4) is 22.9 Å². The van der Waals surface area contributed by atoms with E-state index < -0.39 is 6.04 Å². The number of nitrogens with one attached hydrogen (secondary N) is 2. The molecule has 188 valence electrons. The predicted molar refractivity (Wildman–Crippen MR) is 152 cm³/mol. The number of hydrogen-bond donors (Lipinski definition) is 2. The van der Waals surface area contributed by atoms with Crippen LogP contribution in [-0.2, 0) is 0 Å². The summed E-state index contributed by atoms with van der Waals surface area (Å²) in [6.45, 7) is 1.93. The van der Waals surface area contributed by atoms with E-state index in [0.717, 1.165) is 16.5 Å². The number of nitriles is 1. The van der Waals surface area contributed by atoms with Crippen LogP contribution in [0.1, 0.15) is 24.2 Å². The number of para-hydroxylation sites is 1. The lowest BCUT2D eigenvalue weighted by Crippen LogP contribution is -2.26. The van der Waals surface area contributed by atoms with Crippen LogP contribution in [0.5, 0.6) is 0 Å². The van der Waals surface area contributed by atoms with Crippen molar-refractivity contribution < 1.29 is 0 Å². The molecular formula is C31H22N6O2. The zero-order valence-electron chi connectivity index (χ0n) is 20.9. The van der Waals surface area contributed by atoms with Gasteiger partial charge in [0.15, 0.2) is 5.43 Å². The smallest absolute Gasteiger partial charge is 0.263 e. The predicted octanol–water partition coefficient (Wildman–Crippen LogP) is 5.33. The number of rotatable bonds is 5. The molecule has 0 spiro atoms. The maximum atomic E-state index is 14.3. The SMILES string of the molecule is CC(Nc1ncnc2[nH]ccc(=O)c12)c1cc2cccc(-c3ccc(C#N)cc3)c2c(=O)n1-c1ccccc1. The summed E-state index contributed by atoms with van der Waals surface area (Å²) in [5.74, 6) is 0.382. The normalized spacial score (nSPS) is 11.8. The Labute approximate surface area is 222 Å². The van der Waals surface area contributed by atoms with Crippen molar-refractivity contribution in [3.05, 3.63) is 129 Å². The van der Waals surface area contributed by atoms with Gasteiger partial charge in [0.25, 0.3) is 5.56 Å². The van der Waals surface area contributed by atoms with Crippen LogP contribution < -0.4 is 16.3 Å². The van der Waals surface area contributed by atoms with Crippen LogP contribution in [-0.4, -0.2) is 19.5 Å². The molecule has 1 atom stereocenters. The van der Waals surface area contributed by atoms with E-state index in [1.165, 1.54) is 12.4 Å². The molecule has 0 aliphatic carbocycles. The zero-order valence-corrected chi connectivity index (χ0v) is 20.9. The van der Waals surface area contributed by atoms with Gasteiger partial charge in [-0.1, -0.05) is 48.5 Å². The first-order valence-electron chi connectivity index (χ1n) is 12.4. The summed E-state index contributed by atoms with van der Waals surface area (Å²) in [5, 5.41) is 14.3. The number of aromatic amines is 1. The number of H-pyrrole nitrogens is 1. The summed E-state index contributed by atoms with van der Waals surface area (Å²) in [4.78, 5) is 38.4. The topological polar surface area (TPSA) is 116 Å². The Kier molecular flexibility index (Phi) is 5.94. The Morgan fingerprint density at radius 2 is 1.72 bits per heavy atom. The van der Waals surface area contributed by atoms with Crippen molar-refractivity contribution in [2.45, 2.75) is 13.0 Å². The van der Waals surface area contributed by atoms with E-state index >= 15 is 0 Å². The summed E-state index contributed by atoms with van der Waals surface area (Å²) in [7, 11) is 0. The van der Waals surface area contributed by atoms with Crippen molar-refractivity contribution in [1.82, 2.24) is 19.5 Å². The van der Waals surface area contributed by atoms with Crippen molar-refractivity contribution in [3.63, 3.8) is 0 Å². The van der Waals surface area contributed by atoms with Gasteiger partial charge in [-0.15, -0.1) is 0 Å². The number of aromatic nitrogens is 4. The third-order valence-corrected chi connectivity index (χ3v) is 6.76. The van der Waals surface area contributed by atoms with Crippen LogP contribution in [0.25, 0.3) is 38.6 Å². The van der Waals surface area contributed by atoms with Gasteiger partial charge in [0.2, 0.25) is 0 Å². The minimum Gasteiger partial charge on any atom is -0.361 e. The maximum Gasteiger partial charge on any atom is 0.263 e. The number of nitrogens with zero attached hydrogens (tertiary/aromatic N) is 4. The molecule has 0 aliphatic rings. The standard InChI is InChI=1S/C31H22N6O2/c1-19(36-30-28-26(38)14-15-33-29(28)34-18-35-30)25-16-22-6-5-9-24(21-12-10-20(17-32)11-13-21)27(22)31(39)37(25)23-7-3-2-4-8-23/h2-16,18-19H,1H3,(H2,33,34,35,36,38). The van der Waals surface area contributed by atoms with Crippen molar-refractivity contribution in [2.24, 2.45) is 0 Å². The highest BCUT2D eigenvalue weighted by Crippen LogP contribution is 2.30. The van der Waals surface area contributed by atoms with Gasteiger partial charge in [-0.2, -0.15) is 5.26 Å². The van der Waals surface area contributed by atoms with E-state index in [2.05, 4.69) is 26.3 Å². The Bertz CT molecular complexity index is 2000. The second-order valence-electron chi connectivity index (χ2n) is 9.16. The molecule has 8 heteroatoms. The fourth-order valence-electron chi connectivity index (χ4n) is 4.91. The number of benzene rings is 3. The van der Waals surface area contributed by atoms with Gasteiger partial charge in [0.1, 0.15) is 23.2 Å². The van der Waals surface area contributed by atoms with E-state index in [0.29, 0.717) is 39.2 Å². The monoisotopic (exact) mass is 510 g/mol. The fraction of sp³-hybridized carbons (Fsp3) is 0.0645. The first-order chi connectivity index (χ1) is 19.0. The minimum absolute atomic E-state index is 0.173. The van der Waals surface area contributed by atoms with E-state index in [1.54, 1.807) is 22.9 Å². The fourth-order valence-corrected chi connectivity index (χ4v) is 4.91. The molecule has 3 heterocycles. The van der Waals surface area contributed by atoms with Gasteiger partial charge in [0, 0.05) is 23.6 Å². The highest BCUT2D eigenvalue weighted by Gasteiger charge is 2.20. The van der Waals surface area contributed by atoms with Crippen LogP contribution in [0, 0.1) is 11.3 Å². The summed E-state index contributed by atoms with van der Waals surface area (Å²) in [6, 6.07) is 27.6. The van der Waals surface area contributed by atoms with Crippen molar-refractivity contribution >= 4 is 27.6 Å². The molecule has 0 saturated carbocycles. The molecule has 2 N–H and O–H groups in total. The third kappa shape index (κ3) is 4.22. The first kappa shape index (κ1) is 23.8.